The average Bonchev–Trinajstić information content (AvgIpc) is 2.17. The molecule has 0 spiro atoms. The van der Waals surface area contributed by atoms with Crippen molar-refractivity contribution in [3.63, 3.8) is 0 Å². The summed E-state index contributed by atoms with van der Waals surface area (Å²) in [5, 5.41) is 28.1. The zero-order chi connectivity index (χ0) is 14.1. The Hall–Kier alpha value is -2.59. The molecule has 1 rings (SSSR count). The lowest BCUT2D eigenvalue weighted by Crippen LogP contribution is -2.19. The number of aromatic carboxylic acids is 1. The molecule has 0 fully saturated rings. The van der Waals surface area contributed by atoms with Gasteiger partial charge in [-0.15, -0.1) is 13.2 Å². The fourth-order valence-corrected chi connectivity index (χ4v) is 0.977. The smallest absolute Gasteiger partial charge is 0.502 e. The third-order valence-electron chi connectivity index (χ3n) is 1.61. The summed E-state index contributed by atoms with van der Waals surface area (Å²) in [5.41, 5.74) is -2.50. The van der Waals surface area contributed by atoms with Crippen LogP contribution in [0.2, 0.25) is 0 Å². The van der Waals surface area contributed by atoms with Gasteiger partial charge in [0.05, 0.1) is 4.92 Å². The lowest BCUT2D eigenvalue weighted by molar-refractivity contribution is -0.389. The van der Waals surface area contributed by atoms with Gasteiger partial charge in [0.25, 0.3) is 5.75 Å². The highest BCUT2D eigenvalue weighted by Crippen LogP contribution is 2.40. The van der Waals surface area contributed by atoms with Crippen molar-refractivity contribution in [2.45, 2.75) is 6.36 Å². The third kappa shape index (κ3) is 2.75. The zero-order valence-corrected chi connectivity index (χ0v) is 8.13. The van der Waals surface area contributed by atoms with Crippen LogP contribution in [0.3, 0.4) is 0 Å². The van der Waals surface area contributed by atoms with Gasteiger partial charge in [-0.05, 0) is 0 Å². The number of carboxylic acids is 1. The predicted octanol–water partition coefficient (Wildman–Crippen LogP) is 1.29. The van der Waals surface area contributed by atoms with Gasteiger partial charge in [-0.3, -0.25) is 10.1 Å². The van der Waals surface area contributed by atoms with Crippen molar-refractivity contribution in [2.24, 2.45) is 0 Å². The van der Waals surface area contributed by atoms with E-state index in [4.69, 9.17) is 5.11 Å². The number of aromatic nitrogens is 1. The van der Waals surface area contributed by atoms with Crippen molar-refractivity contribution in [3.05, 3.63) is 22.0 Å². The van der Waals surface area contributed by atoms with Gasteiger partial charge in [0.15, 0.2) is 11.4 Å². The molecule has 0 amide bonds. The van der Waals surface area contributed by atoms with Crippen molar-refractivity contribution < 1.29 is 37.8 Å². The van der Waals surface area contributed by atoms with Crippen LogP contribution in [0.4, 0.5) is 18.9 Å². The summed E-state index contributed by atoms with van der Waals surface area (Å²) < 4.78 is 39.1. The van der Waals surface area contributed by atoms with Crippen LogP contribution in [0.1, 0.15) is 10.5 Å². The molecule has 18 heavy (non-hydrogen) atoms. The fourth-order valence-electron chi connectivity index (χ4n) is 0.977. The Bertz CT molecular complexity index is 515. The van der Waals surface area contributed by atoms with E-state index in [1.807, 2.05) is 0 Å². The molecule has 1 aromatic rings. The topological polar surface area (TPSA) is 123 Å². The number of hydrogen-bond acceptors (Lipinski definition) is 6. The van der Waals surface area contributed by atoms with E-state index in [0.29, 0.717) is 0 Å². The van der Waals surface area contributed by atoms with Crippen LogP contribution in [0.5, 0.6) is 11.5 Å². The van der Waals surface area contributed by atoms with Gasteiger partial charge < -0.3 is 14.9 Å². The SMILES string of the molecule is O=C(O)c1ncc([N+](=O)[O-])c(OC(F)(F)F)c1O. The number of nitrogens with zero attached hydrogens (tertiary/aromatic N) is 2. The normalized spacial score (nSPS) is 11.1. The first-order chi connectivity index (χ1) is 8.13. The van der Waals surface area contributed by atoms with Crippen LogP contribution in [-0.2, 0) is 0 Å². The third-order valence-corrected chi connectivity index (χ3v) is 1.61. The molecule has 1 heterocycles. The van der Waals surface area contributed by atoms with Gasteiger partial charge >= 0.3 is 18.0 Å². The van der Waals surface area contributed by atoms with Crippen LogP contribution < -0.4 is 4.74 Å². The van der Waals surface area contributed by atoms with E-state index < -0.39 is 40.1 Å². The number of nitro groups is 1. The molecule has 0 aromatic carbocycles. The molecule has 0 bridgehead atoms. The van der Waals surface area contributed by atoms with Gasteiger partial charge in [-0.2, -0.15) is 0 Å². The Labute approximate surface area is 95.4 Å². The van der Waals surface area contributed by atoms with Gasteiger partial charge in [0.2, 0.25) is 0 Å². The van der Waals surface area contributed by atoms with Crippen LogP contribution in [0, 0.1) is 10.1 Å². The van der Waals surface area contributed by atoms with E-state index in [0.717, 1.165) is 0 Å². The van der Waals surface area contributed by atoms with Crippen molar-refractivity contribution in [2.75, 3.05) is 0 Å². The van der Waals surface area contributed by atoms with E-state index in [1.54, 1.807) is 0 Å². The number of rotatable bonds is 3. The first-order valence-electron chi connectivity index (χ1n) is 3.99. The molecular formula is C7H3F3N2O6. The summed E-state index contributed by atoms with van der Waals surface area (Å²) in [6, 6.07) is 0. The first-order valence-corrected chi connectivity index (χ1v) is 3.99. The number of carboxylic acid groups (broad SMARTS) is 1. The van der Waals surface area contributed by atoms with E-state index >= 15 is 0 Å². The summed E-state index contributed by atoms with van der Waals surface area (Å²) in [7, 11) is 0. The second-order valence-electron chi connectivity index (χ2n) is 2.78. The molecule has 1 aromatic heterocycles. The molecule has 0 saturated heterocycles. The molecule has 0 atom stereocenters. The average molecular weight is 268 g/mol. The molecule has 0 saturated carbocycles. The minimum atomic E-state index is -5.33. The largest absolute Gasteiger partial charge is 0.573 e. The molecule has 98 valence electrons. The standard InChI is InChI=1S/C7H3F3N2O6/c8-7(9,10)18-5-2(12(16)17)1-11-3(4(5)13)6(14)15/h1,13H,(H,14,15). The van der Waals surface area contributed by atoms with Gasteiger partial charge in [-0.1, -0.05) is 0 Å². The molecule has 0 radical (unpaired) electrons. The van der Waals surface area contributed by atoms with E-state index in [9.17, 15) is 33.2 Å². The van der Waals surface area contributed by atoms with Crippen molar-refractivity contribution in [1.82, 2.24) is 4.98 Å². The summed E-state index contributed by atoms with van der Waals surface area (Å²) >= 11 is 0. The Kier molecular flexibility index (Phi) is 3.26. The highest BCUT2D eigenvalue weighted by molar-refractivity contribution is 5.90. The van der Waals surface area contributed by atoms with Gasteiger partial charge in [0.1, 0.15) is 6.20 Å². The molecule has 2 N–H and O–H groups in total. The first kappa shape index (κ1) is 13.5. The van der Waals surface area contributed by atoms with Crippen LogP contribution >= 0.6 is 0 Å². The monoisotopic (exact) mass is 268 g/mol. The summed E-state index contributed by atoms with van der Waals surface area (Å²) in [6.07, 6.45) is -5.09. The Morgan fingerprint density at radius 1 is 1.50 bits per heavy atom. The van der Waals surface area contributed by atoms with Crippen LogP contribution in [0.15, 0.2) is 6.20 Å². The van der Waals surface area contributed by atoms with Gasteiger partial charge in [-0.25, -0.2) is 9.78 Å². The van der Waals surface area contributed by atoms with E-state index in [2.05, 4.69) is 9.72 Å². The number of halogens is 3. The maximum Gasteiger partial charge on any atom is 0.573 e. The second kappa shape index (κ2) is 4.35. The molecule has 0 unspecified atom stereocenters. The lowest BCUT2D eigenvalue weighted by atomic mass is 10.3. The Balaban J connectivity index is 3.45. The quantitative estimate of drug-likeness (QED) is 0.625. The predicted molar refractivity (Wildman–Crippen MR) is 46.2 cm³/mol. The molecule has 11 heteroatoms. The summed E-state index contributed by atoms with van der Waals surface area (Å²) in [5.74, 6) is -5.07. The maximum atomic E-state index is 12.0. The number of pyridine rings is 1. The molecule has 0 aliphatic carbocycles. The highest BCUT2D eigenvalue weighted by Gasteiger charge is 2.38. The molecule has 8 nitrogen and oxygen atoms in total. The van der Waals surface area contributed by atoms with Crippen molar-refractivity contribution in [1.29, 1.82) is 0 Å². The van der Waals surface area contributed by atoms with Crippen LogP contribution in [0.25, 0.3) is 0 Å². The zero-order valence-electron chi connectivity index (χ0n) is 8.13. The molecule has 0 aliphatic heterocycles. The van der Waals surface area contributed by atoms with Crippen molar-refractivity contribution in [3.8, 4) is 11.5 Å². The minimum absolute atomic E-state index is 0.240. The summed E-state index contributed by atoms with van der Waals surface area (Å²) in [6.45, 7) is 0. The lowest BCUT2D eigenvalue weighted by Gasteiger charge is -2.11. The highest BCUT2D eigenvalue weighted by atomic mass is 19.4. The number of aromatic hydroxyl groups is 1. The number of ether oxygens (including phenoxy) is 1. The molecular weight excluding hydrogens is 265 g/mol. The number of hydrogen-bond donors (Lipinski definition) is 2. The summed E-state index contributed by atoms with van der Waals surface area (Å²) in [4.78, 5) is 22.5. The Morgan fingerprint density at radius 3 is 2.44 bits per heavy atom. The maximum absolute atomic E-state index is 12.0. The second-order valence-corrected chi connectivity index (χ2v) is 2.78. The fraction of sp³-hybridized carbons (Fsp3) is 0.143. The number of carbonyl (C=O) groups is 1. The minimum Gasteiger partial charge on any atom is -0.502 e. The van der Waals surface area contributed by atoms with Gasteiger partial charge in [0, 0.05) is 0 Å². The van der Waals surface area contributed by atoms with E-state index in [1.165, 1.54) is 0 Å². The Morgan fingerprint density at radius 2 is 2.06 bits per heavy atom. The van der Waals surface area contributed by atoms with Crippen molar-refractivity contribution >= 4 is 11.7 Å². The van der Waals surface area contributed by atoms with Crippen LogP contribution in [-0.4, -0.2) is 32.5 Å². The molecule has 0 aliphatic rings. The van der Waals surface area contributed by atoms with E-state index in [-0.39, 0.29) is 6.20 Å². The number of alkyl halides is 3.